The van der Waals surface area contributed by atoms with Gasteiger partial charge >= 0.3 is 0 Å². The number of carbonyl (C=O) groups excluding carboxylic acids is 1. The van der Waals surface area contributed by atoms with Crippen LogP contribution in [0.4, 0.5) is 0 Å². The van der Waals surface area contributed by atoms with Crippen molar-refractivity contribution in [1.82, 2.24) is 10.2 Å². The zero-order valence-corrected chi connectivity index (χ0v) is 10.6. The second-order valence-electron chi connectivity index (χ2n) is 4.81. The summed E-state index contributed by atoms with van der Waals surface area (Å²) in [6.45, 7) is 1.98. The summed E-state index contributed by atoms with van der Waals surface area (Å²) in [6.07, 6.45) is 3.16. The predicted molar refractivity (Wildman–Crippen MR) is 63.7 cm³/mol. The van der Waals surface area contributed by atoms with Crippen LogP contribution in [0, 0.1) is 0 Å². The average molecular weight is 261 g/mol. The number of nitrogens with two attached hydrogens (primary N) is 1. The van der Waals surface area contributed by atoms with E-state index in [0.29, 0.717) is 0 Å². The van der Waals surface area contributed by atoms with Crippen LogP contribution in [0.1, 0.15) is 25.7 Å². The Hall–Kier alpha value is -0.660. The third-order valence-electron chi connectivity index (χ3n) is 3.55. The quantitative estimate of drug-likeness (QED) is 0.668. The Morgan fingerprint density at radius 3 is 2.76 bits per heavy atom. The van der Waals surface area contributed by atoms with E-state index >= 15 is 0 Å². The normalized spacial score (nSPS) is 31.6. The lowest BCUT2D eigenvalue weighted by Crippen LogP contribution is -2.43. The molecule has 6 nitrogen and oxygen atoms in total. The maximum absolute atomic E-state index is 11.8. The Labute approximate surface area is 102 Å². The molecule has 2 heterocycles. The number of likely N-dealkylation sites (tertiary alicyclic amines) is 1. The van der Waals surface area contributed by atoms with E-state index in [9.17, 15) is 13.2 Å². The molecule has 0 saturated carbocycles. The molecule has 0 spiro atoms. The van der Waals surface area contributed by atoms with Gasteiger partial charge < -0.3 is 10.2 Å². The van der Waals surface area contributed by atoms with E-state index in [4.69, 9.17) is 5.14 Å². The molecule has 2 aliphatic rings. The third-order valence-corrected chi connectivity index (χ3v) is 4.79. The Bertz CT molecular complexity index is 388. The highest BCUT2D eigenvalue weighted by Gasteiger charge is 2.39. The average Bonchev–Trinajstić information content (AvgIpc) is 2.50. The van der Waals surface area contributed by atoms with Crippen molar-refractivity contribution in [1.29, 1.82) is 0 Å². The molecule has 0 aromatic heterocycles. The van der Waals surface area contributed by atoms with Gasteiger partial charge in [0.2, 0.25) is 15.9 Å². The first-order chi connectivity index (χ1) is 7.98. The summed E-state index contributed by atoms with van der Waals surface area (Å²) in [4.78, 5) is 13.5. The molecule has 2 unspecified atom stereocenters. The van der Waals surface area contributed by atoms with E-state index in [0.717, 1.165) is 32.4 Å². The lowest BCUT2D eigenvalue weighted by molar-refractivity contribution is -0.129. The van der Waals surface area contributed by atoms with Crippen LogP contribution in [-0.2, 0) is 14.8 Å². The van der Waals surface area contributed by atoms with Gasteiger partial charge in [0, 0.05) is 25.6 Å². The van der Waals surface area contributed by atoms with Gasteiger partial charge in [-0.1, -0.05) is 6.42 Å². The summed E-state index contributed by atoms with van der Waals surface area (Å²) in [7, 11) is -3.60. The van der Waals surface area contributed by atoms with Gasteiger partial charge in [0.25, 0.3) is 0 Å². The number of primary sulfonamides is 1. The summed E-state index contributed by atoms with van der Waals surface area (Å²) in [5.74, 6) is -0.0854. The zero-order chi connectivity index (χ0) is 12.5. The van der Waals surface area contributed by atoms with E-state index < -0.39 is 15.3 Å². The molecule has 0 bridgehead atoms. The van der Waals surface area contributed by atoms with E-state index in [-0.39, 0.29) is 24.9 Å². The molecule has 0 aromatic rings. The summed E-state index contributed by atoms with van der Waals surface area (Å²) in [5.41, 5.74) is 0. The number of nitrogens with one attached hydrogen (secondary N) is 1. The Balaban J connectivity index is 2.04. The molecule has 17 heavy (non-hydrogen) atoms. The largest absolute Gasteiger partial charge is 0.337 e. The number of amides is 1. The van der Waals surface area contributed by atoms with E-state index in [1.165, 1.54) is 0 Å². The molecule has 2 fully saturated rings. The minimum atomic E-state index is -3.60. The van der Waals surface area contributed by atoms with Gasteiger partial charge in [0.15, 0.2) is 0 Å². The molecule has 1 amide bonds. The first-order valence-corrected chi connectivity index (χ1v) is 7.61. The smallest absolute Gasteiger partial charge is 0.224 e. The van der Waals surface area contributed by atoms with Gasteiger partial charge in [0.1, 0.15) is 5.25 Å². The van der Waals surface area contributed by atoms with Crippen LogP contribution in [-0.4, -0.2) is 50.2 Å². The molecule has 2 aliphatic heterocycles. The van der Waals surface area contributed by atoms with Crippen molar-refractivity contribution in [2.24, 2.45) is 5.14 Å². The van der Waals surface area contributed by atoms with Crippen molar-refractivity contribution in [3.63, 3.8) is 0 Å². The summed E-state index contributed by atoms with van der Waals surface area (Å²) in [6, 6.07) is 0.122. The number of carbonyl (C=O) groups is 1. The van der Waals surface area contributed by atoms with Crippen LogP contribution >= 0.6 is 0 Å². The fraction of sp³-hybridized carbons (Fsp3) is 0.900. The first kappa shape index (κ1) is 12.8. The highest BCUT2D eigenvalue weighted by atomic mass is 32.2. The number of nitrogens with zero attached hydrogens (tertiary/aromatic N) is 1. The van der Waals surface area contributed by atoms with Crippen molar-refractivity contribution in [3.05, 3.63) is 0 Å². The lowest BCUT2D eigenvalue weighted by atomic mass is 10.1. The molecule has 0 radical (unpaired) electrons. The van der Waals surface area contributed by atoms with Gasteiger partial charge in [-0.25, -0.2) is 13.6 Å². The standard InChI is InChI=1S/C10H19N3O3S/c11-17(15,16)9-5-10(14)13(7-9)8-3-1-2-4-12-6-8/h8-9,12H,1-7H2,(H2,11,15,16). The van der Waals surface area contributed by atoms with E-state index in [1.54, 1.807) is 4.90 Å². The topological polar surface area (TPSA) is 92.5 Å². The van der Waals surface area contributed by atoms with Crippen LogP contribution in [0.15, 0.2) is 0 Å². The van der Waals surface area contributed by atoms with Crippen LogP contribution < -0.4 is 10.5 Å². The Kier molecular flexibility index (Phi) is 3.70. The van der Waals surface area contributed by atoms with Crippen LogP contribution in [0.25, 0.3) is 0 Å². The van der Waals surface area contributed by atoms with Gasteiger partial charge in [0.05, 0.1) is 0 Å². The van der Waals surface area contributed by atoms with Gasteiger partial charge in [-0.3, -0.25) is 4.79 Å². The monoisotopic (exact) mass is 261 g/mol. The van der Waals surface area contributed by atoms with Crippen LogP contribution in [0.3, 0.4) is 0 Å². The molecule has 98 valence electrons. The second-order valence-corrected chi connectivity index (χ2v) is 6.66. The van der Waals surface area contributed by atoms with Crippen LogP contribution in [0.5, 0.6) is 0 Å². The highest BCUT2D eigenvalue weighted by molar-refractivity contribution is 7.89. The van der Waals surface area contributed by atoms with Crippen molar-refractivity contribution in [3.8, 4) is 0 Å². The number of rotatable bonds is 2. The molecule has 2 rings (SSSR count). The van der Waals surface area contributed by atoms with Crippen molar-refractivity contribution in [2.45, 2.75) is 37.0 Å². The van der Waals surface area contributed by atoms with E-state index in [1.807, 2.05) is 0 Å². The summed E-state index contributed by atoms with van der Waals surface area (Å²) in [5, 5.41) is 7.65. The van der Waals surface area contributed by atoms with Crippen molar-refractivity contribution < 1.29 is 13.2 Å². The molecular formula is C10H19N3O3S. The van der Waals surface area contributed by atoms with E-state index in [2.05, 4.69) is 5.32 Å². The molecular weight excluding hydrogens is 242 g/mol. The molecule has 2 saturated heterocycles. The minimum Gasteiger partial charge on any atom is -0.337 e. The summed E-state index contributed by atoms with van der Waals surface area (Å²) >= 11 is 0. The minimum absolute atomic E-state index is 0.0370. The first-order valence-electron chi connectivity index (χ1n) is 6.00. The Morgan fingerprint density at radius 2 is 2.12 bits per heavy atom. The number of hydrogen-bond donors (Lipinski definition) is 2. The number of sulfonamides is 1. The molecule has 3 N–H and O–H groups in total. The van der Waals surface area contributed by atoms with Crippen LogP contribution in [0.2, 0.25) is 0 Å². The fourth-order valence-corrected chi connectivity index (χ4v) is 3.28. The SMILES string of the molecule is NS(=O)(=O)C1CC(=O)N(C2CCCCNC2)C1. The predicted octanol–water partition coefficient (Wildman–Crippen LogP) is -0.982. The van der Waals surface area contributed by atoms with Gasteiger partial charge in [-0.05, 0) is 19.4 Å². The molecule has 2 atom stereocenters. The number of hydrogen-bond acceptors (Lipinski definition) is 4. The van der Waals surface area contributed by atoms with Crippen molar-refractivity contribution in [2.75, 3.05) is 19.6 Å². The Morgan fingerprint density at radius 1 is 1.35 bits per heavy atom. The molecule has 0 aromatic carbocycles. The molecule has 7 heteroatoms. The maximum Gasteiger partial charge on any atom is 0.224 e. The highest BCUT2D eigenvalue weighted by Crippen LogP contribution is 2.22. The molecule has 0 aliphatic carbocycles. The van der Waals surface area contributed by atoms with Crippen molar-refractivity contribution >= 4 is 15.9 Å². The maximum atomic E-state index is 11.8. The van der Waals surface area contributed by atoms with Gasteiger partial charge in [-0.2, -0.15) is 0 Å². The third kappa shape index (κ3) is 2.97. The fourth-order valence-electron chi connectivity index (χ4n) is 2.54. The lowest BCUT2D eigenvalue weighted by Gasteiger charge is -2.26. The zero-order valence-electron chi connectivity index (χ0n) is 9.76. The van der Waals surface area contributed by atoms with Gasteiger partial charge in [-0.15, -0.1) is 0 Å². The summed E-state index contributed by atoms with van der Waals surface area (Å²) < 4.78 is 22.5. The second kappa shape index (κ2) is 4.91.